The van der Waals surface area contributed by atoms with Crippen LogP contribution in [-0.4, -0.2) is 43.3 Å². The molecular formula is C14H24N4O. The van der Waals surface area contributed by atoms with Gasteiger partial charge in [0.2, 0.25) is 0 Å². The zero-order chi connectivity index (χ0) is 13.5. The molecule has 0 amide bonds. The fraction of sp³-hybridized carbons (Fsp3) is 0.714. The summed E-state index contributed by atoms with van der Waals surface area (Å²) in [7, 11) is 1.73. The standard InChI is InChI=1S/C14H24N4O/c1-12-16-13(15-7-6-10-19-2)11-14(17-12)18-8-4-3-5-9-18/h11H,3-10H2,1-2H3,(H,15,16,17). The van der Waals surface area contributed by atoms with Crippen LogP contribution in [-0.2, 0) is 4.74 Å². The van der Waals surface area contributed by atoms with Gasteiger partial charge in [-0.1, -0.05) is 0 Å². The lowest BCUT2D eigenvalue weighted by molar-refractivity contribution is 0.198. The number of ether oxygens (including phenoxy) is 1. The van der Waals surface area contributed by atoms with Gasteiger partial charge in [-0.25, -0.2) is 9.97 Å². The Morgan fingerprint density at radius 3 is 2.79 bits per heavy atom. The van der Waals surface area contributed by atoms with E-state index in [1.807, 2.05) is 6.92 Å². The number of rotatable bonds is 6. The van der Waals surface area contributed by atoms with Gasteiger partial charge >= 0.3 is 0 Å². The molecule has 0 radical (unpaired) electrons. The number of piperidine rings is 1. The highest BCUT2D eigenvalue weighted by Crippen LogP contribution is 2.20. The molecule has 1 N–H and O–H groups in total. The third-order valence-electron chi connectivity index (χ3n) is 3.34. The van der Waals surface area contributed by atoms with E-state index in [2.05, 4.69) is 26.3 Å². The second-order valence-electron chi connectivity index (χ2n) is 4.98. The van der Waals surface area contributed by atoms with E-state index in [-0.39, 0.29) is 0 Å². The molecule has 1 aromatic heterocycles. The van der Waals surface area contributed by atoms with E-state index in [0.29, 0.717) is 0 Å². The Labute approximate surface area is 115 Å². The summed E-state index contributed by atoms with van der Waals surface area (Å²) in [5, 5.41) is 3.34. The van der Waals surface area contributed by atoms with Gasteiger partial charge in [-0.15, -0.1) is 0 Å². The maximum absolute atomic E-state index is 5.04. The number of aryl methyl sites for hydroxylation is 1. The van der Waals surface area contributed by atoms with Crippen molar-refractivity contribution in [3.8, 4) is 0 Å². The quantitative estimate of drug-likeness (QED) is 0.798. The fourth-order valence-electron chi connectivity index (χ4n) is 2.36. The number of nitrogens with zero attached hydrogens (tertiary/aromatic N) is 3. The summed E-state index contributed by atoms with van der Waals surface area (Å²) in [5.74, 6) is 2.81. The molecule has 1 fully saturated rings. The predicted octanol–water partition coefficient (Wildman–Crippen LogP) is 2.22. The van der Waals surface area contributed by atoms with Gasteiger partial charge in [0.05, 0.1) is 0 Å². The molecule has 0 bridgehead atoms. The van der Waals surface area contributed by atoms with Gasteiger partial charge in [-0.05, 0) is 32.6 Å². The van der Waals surface area contributed by atoms with Crippen LogP contribution in [0.15, 0.2) is 6.07 Å². The van der Waals surface area contributed by atoms with Crippen LogP contribution in [0, 0.1) is 6.92 Å². The third kappa shape index (κ3) is 4.35. The van der Waals surface area contributed by atoms with Crippen molar-refractivity contribution in [2.24, 2.45) is 0 Å². The van der Waals surface area contributed by atoms with Crippen LogP contribution in [0.25, 0.3) is 0 Å². The lowest BCUT2D eigenvalue weighted by atomic mass is 10.1. The minimum Gasteiger partial charge on any atom is -0.385 e. The normalized spacial score (nSPS) is 15.6. The number of methoxy groups -OCH3 is 1. The first-order valence-electron chi connectivity index (χ1n) is 7.13. The topological polar surface area (TPSA) is 50.3 Å². The monoisotopic (exact) mass is 264 g/mol. The molecule has 2 heterocycles. The summed E-state index contributed by atoms with van der Waals surface area (Å²) in [5.41, 5.74) is 0. The average molecular weight is 264 g/mol. The first-order valence-corrected chi connectivity index (χ1v) is 7.13. The zero-order valence-electron chi connectivity index (χ0n) is 12.0. The molecule has 0 saturated carbocycles. The van der Waals surface area contributed by atoms with E-state index in [1.165, 1.54) is 19.3 Å². The first-order chi connectivity index (χ1) is 9.29. The summed E-state index contributed by atoms with van der Waals surface area (Å²) in [6.07, 6.45) is 4.85. The van der Waals surface area contributed by atoms with Crippen LogP contribution in [0.3, 0.4) is 0 Å². The van der Waals surface area contributed by atoms with Crippen molar-refractivity contribution < 1.29 is 4.74 Å². The Balaban J connectivity index is 1.97. The molecule has 106 valence electrons. The molecule has 1 aromatic rings. The highest BCUT2D eigenvalue weighted by atomic mass is 16.5. The second kappa shape index (κ2) is 7.28. The van der Waals surface area contributed by atoms with E-state index in [0.717, 1.165) is 50.1 Å². The number of anilines is 2. The minimum atomic E-state index is 0.774. The van der Waals surface area contributed by atoms with Crippen LogP contribution < -0.4 is 10.2 Å². The van der Waals surface area contributed by atoms with Crippen LogP contribution >= 0.6 is 0 Å². The van der Waals surface area contributed by atoms with E-state index in [9.17, 15) is 0 Å². The summed E-state index contributed by atoms with van der Waals surface area (Å²) in [6.45, 7) is 5.83. The largest absolute Gasteiger partial charge is 0.385 e. The Kier molecular flexibility index (Phi) is 5.39. The number of hydrogen-bond acceptors (Lipinski definition) is 5. The van der Waals surface area contributed by atoms with Crippen molar-refractivity contribution in [3.05, 3.63) is 11.9 Å². The molecule has 1 saturated heterocycles. The zero-order valence-corrected chi connectivity index (χ0v) is 12.0. The van der Waals surface area contributed by atoms with Gasteiger partial charge in [0.1, 0.15) is 17.5 Å². The Morgan fingerprint density at radius 1 is 1.26 bits per heavy atom. The lowest BCUT2D eigenvalue weighted by Crippen LogP contribution is -2.30. The molecule has 5 heteroatoms. The lowest BCUT2D eigenvalue weighted by Gasteiger charge is -2.28. The molecule has 0 unspecified atom stereocenters. The van der Waals surface area contributed by atoms with E-state index >= 15 is 0 Å². The summed E-state index contributed by atoms with van der Waals surface area (Å²) < 4.78 is 5.04. The first kappa shape index (κ1) is 14.1. The molecule has 0 aliphatic carbocycles. The van der Waals surface area contributed by atoms with E-state index in [1.54, 1.807) is 7.11 Å². The number of aromatic nitrogens is 2. The highest BCUT2D eigenvalue weighted by molar-refractivity contribution is 5.49. The molecule has 0 atom stereocenters. The molecule has 1 aliphatic heterocycles. The van der Waals surface area contributed by atoms with Gasteiger partial charge in [0, 0.05) is 39.4 Å². The maximum Gasteiger partial charge on any atom is 0.134 e. The van der Waals surface area contributed by atoms with Crippen molar-refractivity contribution in [1.29, 1.82) is 0 Å². The summed E-state index contributed by atoms with van der Waals surface area (Å²) in [4.78, 5) is 11.3. The van der Waals surface area contributed by atoms with Gasteiger partial charge in [0.15, 0.2) is 0 Å². The van der Waals surface area contributed by atoms with Gasteiger partial charge < -0.3 is 15.0 Å². The second-order valence-corrected chi connectivity index (χ2v) is 4.98. The van der Waals surface area contributed by atoms with E-state index < -0.39 is 0 Å². The van der Waals surface area contributed by atoms with Crippen LogP contribution in [0.4, 0.5) is 11.6 Å². The van der Waals surface area contributed by atoms with Gasteiger partial charge in [-0.3, -0.25) is 0 Å². The van der Waals surface area contributed by atoms with Crippen molar-refractivity contribution in [2.45, 2.75) is 32.6 Å². The highest BCUT2D eigenvalue weighted by Gasteiger charge is 2.13. The average Bonchev–Trinajstić information content (AvgIpc) is 2.44. The molecule has 1 aliphatic rings. The third-order valence-corrected chi connectivity index (χ3v) is 3.34. The Morgan fingerprint density at radius 2 is 2.05 bits per heavy atom. The van der Waals surface area contributed by atoms with Crippen molar-refractivity contribution in [1.82, 2.24) is 9.97 Å². The van der Waals surface area contributed by atoms with Gasteiger partial charge in [-0.2, -0.15) is 0 Å². The SMILES string of the molecule is COCCCNc1cc(N2CCCCC2)nc(C)n1. The molecule has 0 spiro atoms. The molecule has 5 nitrogen and oxygen atoms in total. The molecule has 19 heavy (non-hydrogen) atoms. The fourth-order valence-corrected chi connectivity index (χ4v) is 2.36. The van der Waals surface area contributed by atoms with Crippen molar-refractivity contribution in [3.63, 3.8) is 0 Å². The van der Waals surface area contributed by atoms with Crippen molar-refractivity contribution in [2.75, 3.05) is 43.6 Å². The Hall–Kier alpha value is -1.36. The maximum atomic E-state index is 5.04. The smallest absolute Gasteiger partial charge is 0.134 e. The molecular weight excluding hydrogens is 240 g/mol. The van der Waals surface area contributed by atoms with Crippen molar-refractivity contribution >= 4 is 11.6 Å². The molecule has 0 aromatic carbocycles. The Bertz CT molecular complexity index is 391. The summed E-state index contributed by atoms with van der Waals surface area (Å²) >= 11 is 0. The number of nitrogens with one attached hydrogen (secondary N) is 1. The predicted molar refractivity (Wildman–Crippen MR) is 77.8 cm³/mol. The summed E-state index contributed by atoms with van der Waals surface area (Å²) in [6, 6.07) is 2.06. The number of hydrogen-bond donors (Lipinski definition) is 1. The minimum absolute atomic E-state index is 0.774. The van der Waals surface area contributed by atoms with Gasteiger partial charge in [0.25, 0.3) is 0 Å². The van der Waals surface area contributed by atoms with Crippen LogP contribution in [0.2, 0.25) is 0 Å². The van der Waals surface area contributed by atoms with Crippen LogP contribution in [0.5, 0.6) is 0 Å². The van der Waals surface area contributed by atoms with Crippen LogP contribution in [0.1, 0.15) is 31.5 Å². The van der Waals surface area contributed by atoms with E-state index in [4.69, 9.17) is 4.74 Å². The molecule has 2 rings (SSSR count).